The molecular weight excluding hydrogens is 1370 g/mol. The van der Waals surface area contributed by atoms with Crippen molar-refractivity contribution in [2.45, 2.75) is 190 Å². The van der Waals surface area contributed by atoms with E-state index in [-0.39, 0.29) is 44.2 Å². The number of alkyl carbamates (subject to hydrolysis) is 2. The van der Waals surface area contributed by atoms with Crippen LogP contribution >= 0.6 is 22.7 Å². The Hall–Kier alpha value is -9.74. The van der Waals surface area contributed by atoms with Crippen LogP contribution in [0.15, 0.2) is 121 Å². The van der Waals surface area contributed by atoms with Gasteiger partial charge in [-0.2, -0.15) is 11.4 Å². The summed E-state index contributed by atoms with van der Waals surface area (Å²) in [5, 5.41) is 22.1. The van der Waals surface area contributed by atoms with E-state index in [0.717, 1.165) is 59.0 Å². The Kier molecular flexibility index (Phi) is 24.8. The number of amides is 7. The van der Waals surface area contributed by atoms with Gasteiger partial charge in [-0.15, -0.1) is 0 Å². The normalized spacial score (nSPS) is 25.7. The number of nitrogens with one attached hydrogen (secondary N) is 5. The van der Waals surface area contributed by atoms with Gasteiger partial charge in [0.25, 0.3) is 16.3 Å². The Balaban J connectivity index is 0.000000201. The lowest BCUT2D eigenvalue weighted by molar-refractivity contribution is -0.145. The first kappa shape index (κ1) is 75.9. The molecule has 103 heavy (non-hydrogen) atoms. The van der Waals surface area contributed by atoms with E-state index in [0.29, 0.717) is 65.5 Å². The van der Waals surface area contributed by atoms with Crippen LogP contribution in [0.2, 0.25) is 0 Å². The van der Waals surface area contributed by atoms with Crippen LogP contribution < -0.4 is 61.3 Å². The molecular formula is C74H92N10O17S2. The number of hydrogen-bond donors (Lipinski definition) is 7. The summed E-state index contributed by atoms with van der Waals surface area (Å²) in [5.74, 6) is 3.24. The number of nitrogens with two attached hydrogens (primary N) is 1. The molecule has 0 bridgehead atoms. The number of ether oxygens (including phenoxy) is 6. The fourth-order valence-corrected chi connectivity index (χ4v) is 14.6. The lowest BCUT2D eigenvalue weighted by atomic mass is 10.0. The van der Waals surface area contributed by atoms with E-state index in [9.17, 15) is 43.5 Å². The zero-order valence-electron chi connectivity index (χ0n) is 59.1. The first-order chi connectivity index (χ1) is 49.2. The molecule has 4 aliphatic heterocycles. The highest BCUT2D eigenvalue weighted by atomic mass is 32.1. The number of thiazole rings is 2. The zero-order chi connectivity index (χ0) is 73.6. The fraction of sp³-hybridized carbons (Fsp3) is 0.486. The maximum atomic E-state index is 14.4. The van der Waals surface area contributed by atoms with Gasteiger partial charge in [0.1, 0.15) is 75.9 Å². The lowest BCUT2D eigenvalue weighted by Crippen LogP contribution is -2.58. The molecule has 0 spiro atoms. The lowest BCUT2D eigenvalue weighted by Gasteiger charge is -2.30. The van der Waals surface area contributed by atoms with Gasteiger partial charge in [-0.3, -0.25) is 24.0 Å². The van der Waals surface area contributed by atoms with Gasteiger partial charge < -0.3 is 74.3 Å². The summed E-state index contributed by atoms with van der Waals surface area (Å²) >= 11 is 2.66. The quantitative estimate of drug-likeness (QED) is 0.0417. The van der Waals surface area contributed by atoms with Crippen molar-refractivity contribution in [2.24, 2.45) is 17.7 Å². The van der Waals surface area contributed by atoms with Crippen LogP contribution in [0.4, 0.5) is 9.59 Å². The summed E-state index contributed by atoms with van der Waals surface area (Å²) in [7, 11) is 3.18. The van der Waals surface area contributed by atoms with Gasteiger partial charge in [-0.05, 0) is 154 Å². The van der Waals surface area contributed by atoms with Crippen molar-refractivity contribution in [2.75, 3.05) is 27.3 Å². The van der Waals surface area contributed by atoms with E-state index in [1.54, 1.807) is 98.2 Å². The van der Waals surface area contributed by atoms with Crippen molar-refractivity contribution in [1.82, 2.24) is 46.5 Å². The molecule has 2 saturated heterocycles. The highest BCUT2D eigenvalue weighted by molar-refractivity contribution is 7.20. The summed E-state index contributed by atoms with van der Waals surface area (Å²) in [6.45, 7) is 10.6. The van der Waals surface area contributed by atoms with Gasteiger partial charge in [0.2, 0.25) is 23.6 Å². The number of methoxy groups -OCH3 is 2. The standard InChI is InChI=1S/C37H45N5O8S.C31H40N4O8S.C6H7NO/c1-36(2,3)49-34(46)38-28-16-12-7-5-6-9-13-23-21-37(23,33(45)41-50-24-14-10-8-11-15-24)40-31(43)29-19-26(22-42(29)32(28)44)48-35-39-27-18-17-25(47-4)20-30(27)51-35;1-30(2,3)43-28(40)32-22-11-9-7-5-6-8-10-18-16-31(18,27(38)39)34-25(36)23-14-20(17-35(23)26(22)37)42-29-33-21-13-12-19(41-4)15-24(21)44-29;7-8-6-4-2-1-3-5-6/h8-11,13-15,17-18,20,23,26,28-29H,5-7,12,16,19,21-22H2,1-4H3,(H,38,46)(H,40,43)(H,41,45);8,10,12-13,15,18,20,22-23H,5-7,9,11,14,16-17H2,1-4H3,(H,32,40)(H,34,36)(H,38,39);1-5H,7H2/b13-9-;10-8-;/t23-,26-,28+,29+,37-;18-,20-,22+,23+,31-;/m11./s1. The number of carbonyl (C=O) groups excluding carboxylic acids is 7. The van der Waals surface area contributed by atoms with Crippen LogP contribution in [0.25, 0.3) is 20.4 Å². The van der Waals surface area contributed by atoms with E-state index >= 15 is 0 Å². The molecule has 2 aliphatic carbocycles. The second-order valence-corrected chi connectivity index (χ2v) is 30.2. The SMILES string of the molecule is COc1ccc2nc(O[C@@H]3C[C@H]4C(=O)N[C@]5(C(=O)NOc6ccccc6)C[C@H]5/C=C\CCCCC[C@H](NC(=O)OC(C)(C)C)C(=O)N4C3)sc2c1.COc1ccc2nc(O[C@@H]3C[C@H]4C(=O)N[C@]5(C(=O)O)C[C@H]5/C=C\CCCCC[C@H](NC(=O)OC(C)(C)C)C(=O)N4C3)sc2c1.NOc1ccccc1. The molecule has 4 aromatic carbocycles. The predicted octanol–water partition coefficient (Wildman–Crippen LogP) is 10.0. The van der Waals surface area contributed by atoms with Crippen molar-refractivity contribution < 1.29 is 81.6 Å². The van der Waals surface area contributed by atoms with E-state index in [4.69, 9.17) is 39.2 Å². The van der Waals surface area contributed by atoms with Gasteiger partial charge in [0, 0.05) is 24.7 Å². The Bertz CT molecular complexity index is 4050. The van der Waals surface area contributed by atoms with Crippen LogP contribution in [0.5, 0.6) is 33.4 Å². The molecule has 12 rings (SSSR count). The summed E-state index contributed by atoms with van der Waals surface area (Å²) < 4.78 is 35.9. The Morgan fingerprint density at radius 1 is 0.583 bits per heavy atom. The van der Waals surface area contributed by atoms with Crippen LogP contribution in [-0.4, -0.2) is 159 Å². The van der Waals surface area contributed by atoms with Gasteiger partial charge in [-0.1, -0.05) is 109 Å². The molecule has 2 saturated carbocycles. The largest absolute Gasteiger partial charge is 0.497 e. The molecule has 4 fully saturated rings. The first-order valence-corrected chi connectivity index (χ1v) is 36.4. The van der Waals surface area contributed by atoms with Gasteiger partial charge in [-0.25, -0.2) is 24.4 Å². The van der Waals surface area contributed by atoms with Gasteiger partial charge in [0.15, 0.2) is 5.75 Å². The number of carboxylic acid groups (broad SMARTS) is 1. The molecule has 6 heterocycles. The first-order valence-electron chi connectivity index (χ1n) is 34.7. The van der Waals surface area contributed by atoms with Crippen LogP contribution in [-0.2, 0) is 38.2 Å². The number of aliphatic carboxylic acids is 1. The van der Waals surface area contributed by atoms with Crippen LogP contribution in [0.1, 0.15) is 131 Å². The Morgan fingerprint density at radius 2 is 1.02 bits per heavy atom. The second-order valence-electron chi connectivity index (χ2n) is 28.2. The zero-order valence-corrected chi connectivity index (χ0v) is 60.8. The Morgan fingerprint density at radius 3 is 1.45 bits per heavy atom. The van der Waals surface area contributed by atoms with Crippen molar-refractivity contribution in [3.8, 4) is 33.4 Å². The summed E-state index contributed by atoms with van der Waals surface area (Å²) in [6.07, 6.45) is 13.1. The smallest absolute Gasteiger partial charge is 0.408 e. The number of nitrogens with zero attached hydrogens (tertiary/aromatic N) is 4. The topological polar surface area (TPSA) is 349 Å². The van der Waals surface area contributed by atoms with E-state index in [1.807, 2.05) is 78.9 Å². The molecule has 27 nitrogen and oxygen atoms in total. The third-order valence-electron chi connectivity index (χ3n) is 18.2. The molecule has 6 aliphatic rings. The Labute approximate surface area is 605 Å². The monoisotopic (exact) mass is 1460 g/mol. The summed E-state index contributed by atoms with van der Waals surface area (Å²) in [5.41, 5.74) is -0.228. The van der Waals surface area contributed by atoms with Crippen LogP contribution in [0.3, 0.4) is 0 Å². The molecule has 552 valence electrons. The number of allylic oxidation sites excluding steroid dienone is 2. The molecule has 6 aromatic rings. The minimum Gasteiger partial charge on any atom is -0.497 e. The molecule has 0 radical (unpaired) electrons. The average molecular weight is 1460 g/mol. The molecule has 7 amide bonds. The van der Waals surface area contributed by atoms with Gasteiger partial charge >= 0.3 is 18.2 Å². The molecule has 10 atom stereocenters. The predicted molar refractivity (Wildman–Crippen MR) is 384 cm³/mol. The van der Waals surface area contributed by atoms with Gasteiger partial charge in [0.05, 0.1) is 47.7 Å². The number of fused-ring (bicyclic) bond motifs is 6. The van der Waals surface area contributed by atoms with Crippen molar-refractivity contribution in [1.29, 1.82) is 0 Å². The minimum atomic E-state index is -1.42. The molecule has 2 aromatic heterocycles. The highest BCUT2D eigenvalue weighted by Gasteiger charge is 2.63. The number of aromatic nitrogens is 2. The van der Waals surface area contributed by atoms with E-state index in [1.165, 1.54) is 32.5 Å². The third kappa shape index (κ3) is 20.1. The maximum absolute atomic E-state index is 14.4. The highest BCUT2D eigenvalue weighted by Crippen LogP contribution is 2.47. The third-order valence-corrected chi connectivity index (χ3v) is 20.0. The summed E-state index contributed by atoms with van der Waals surface area (Å²) in [4.78, 5) is 130. The van der Waals surface area contributed by atoms with Crippen molar-refractivity contribution in [3.05, 3.63) is 121 Å². The number of hydroxylamine groups is 1. The number of para-hydroxylation sites is 2. The van der Waals surface area contributed by atoms with Crippen LogP contribution in [0, 0.1) is 11.8 Å². The number of carbonyl (C=O) groups is 8. The maximum Gasteiger partial charge on any atom is 0.408 e. The molecule has 0 unspecified atom stereocenters. The molecule has 8 N–H and O–H groups in total. The number of rotatable bonds is 13. The number of benzene rings is 4. The van der Waals surface area contributed by atoms with E-state index in [2.05, 4.69) is 41.6 Å². The van der Waals surface area contributed by atoms with Crippen molar-refractivity contribution in [3.63, 3.8) is 0 Å². The summed E-state index contributed by atoms with van der Waals surface area (Å²) in [6, 6.07) is 25.2. The average Bonchev–Trinajstić information content (AvgIpc) is 1.59. The van der Waals surface area contributed by atoms with E-state index < -0.39 is 106 Å². The minimum absolute atomic E-state index is 0.0616. The molecule has 29 heteroatoms. The second kappa shape index (κ2) is 33.6. The number of carboxylic acids is 1. The number of hydrogen-bond acceptors (Lipinski definition) is 21. The van der Waals surface area contributed by atoms with Crippen molar-refractivity contribution >= 4 is 90.8 Å². The fourth-order valence-electron chi connectivity index (χ4n) is 12.8.